The van der Waals surface area contributed by atoms with Crippen LogP contribution in [0.25, 0.3) is 0 Å². The Bertz CT molecular complexity index is 472. The Morgan fingerprint density at radius 1 is 1.45 bits per heavy atom. The van der Waals surface area contributed by atoms with Gasteiger partial charge in [-0.1, -0.05) is 19.0 Å². The zero-order valence-electron chi connectivity index (χ0n) is 13.7. The summed E-state index contributed by atoms with van der Waals surface area (Å²) in [5, 5.41) is 4.09. The molecule has 1 aromatic heterocycles. The van der Waals surface area contributed by atoms with E-state index in [0.29, 0.717) is 11.7 Å². The largest absolute Gasteiger partial charge is 0.351 e. The molecule has 2 atom stereocenters. The topological polar surface area (TPSA) is 72.4 Å². The van der Waals surface area contributed by atoms with Crippen LogP contribution in [-0.2, 0) is 0 Å². The van der Waals surface area contributed by atoms with E-state index in [2.05, 4.69) is 19.0 Å². The highest BCUT2D eigenvalue weighted by Gasteiger charge is 2.32. The van der Waals surface area contributed by atoms with Crippen molar-refractivity contribution in [2.24, 2.45) is 5.73 Å². The fraction of sp³-hybridized carbons (Fsp3) is 0.750. The van der Waals surface area contributed by atoms with Crippen molar-refractivity contribution in [2.75, 3.05) is 6.54 Å². The second-order valence-electron chi connectivity index (χ2n) is 6.05. The van der Waals surface area contributed by atoms with E-state index in [4.69, 9.17) is 10.3 Å². The summed E-state index contributed by atoms with van der Waals surface area (Å²) in [6.45, 7) is 6.97. The first-order valence-electron chi connectivity index (χ1n) is 8.11. The van der Waals surface area contributed by atoms with Crippen molar-refractivity contribution in [3.8, 4) is 0 Å². The Labute approximate surface area is 139 Å². The molecular weight excluding hydrogens is 302 g/mol. The number of rotatable bonds is 5. The molecule has 0 aliphatic carbocycles. The number of nitrogens with zero attached hydrogens (tertiary/aromatic N) is 2. The van der Waals surface area contributed by atoms with Gasteiger partial charge in [-0.25, -0.2) is 0 Å². The van der Waals surface area contributed by atoms with Crippen LogP contribution in [0.2, 0.25) is 0 Å². The molecule has 0 spiro atoms. The number of nitrogens with two attached hydrogens (primary N) is 1. The highest BCUT2D eigenvalue weighted by molar-refractivity contribution is 5.91. The van der Waals surface area contributed by atoms with Crippen LogP contribution >= 0.6 is 12.4 Å². The van der Waals surface area contributed by atoms with E-state index in [9.17, 15) is 4.79 Å². The molecule has 6 heteroatoms. The lowest BCUT2D eigenvalue weighted by atomic mass is 9.96. The van der Waals surface area contributed by atoms with Gasteiger partial charge in [0.15, 0.2) is 0 Å². The average Bonchev–Trinajstić information content (AvgIpc) is 2.97. The smallest absolute Gasteiger partial charge is 0.292 e. The van der Waals surface area contributed by atoms with Gasteiger partial charge in [0.2, 0.25) is 5.76 Å². The Morgan fingerprint density at radius 3 is 2.73 bits per heavy atom. The van der Waals surface area contributed by atoms with E-state index in [1.54, 1.807) is 0 Å². The summed E-state index contributed by atoms with van der Waals surface area (Å²) in [5.74, 6) is 0.645. The molecule has 0 saturated carbocycles. The zero-order chi connectivity index (χ0) is 15.4. The maximum Gasteiger partial charge on any atom is 0.292 e. The van der Waals surface area contributed by atoms with Crippen molar-refractivity contribution < 1.29 is 9.32 Å². The molecule has 1 saturated heterocycles. The summed E-state index contributed by atoms with van der Waals surface area (Å²) < 4.78 is 5.31. The van der Waals surface area contributed by atoms with E-state index >= 15 is 0 Å². The number of hydrogen-bond donors (Lipinski definition) is 1. The molecule has 1 aliphatic heterocycles. The number of piperidine rings is 1. The molecule has 2 heterocycles. The van der Waals surface area contributed by atoms with Crippen molar-refractivity contribution in [1.29, 1.82) is 0 Å². The van der Waals surface area contributed by atoms with E-state index in [0.717, 1.165) is 44.3 Å². The Morgan fingerprint density at radius 2 is 2.14 bits per heavy atom. The molecule has 1 aliphatic rings. The fourth-order valence-electron chi connectivity index (χ4n) is 3.19. The van der Waals surface area contributed by atoms with E-state index in [-0.39, 0.29) is 30.4 Å². The van der Waals surface area contributed by atoms with Crippen LogP contribution in [0.3, 0.4) is 0 Å². The number of amides is 1. The van der Waals surface area contributed by atoms with Crippen molar-refractivity contribution in [3.05, 3.63) is 17.5 Å². The van der Waals surface area contributed by atoms with Crippen LogP contribution in [-0.4, -0.2) is 34.6 Å². The van der Waals surface area contributed by atoms with Crippen molar-refractivity contribution in [1.82, 2.24) is 10.1 Å². The average molecular weight is 330 g/mol. The second kappa shape index (κ2) is 8.53. The number of halogens is 1. The van der Waals surface area contributed by atoms with Gasteiger partial charge in [0, 0.05) is 30.6 Å². The van der Waals surface area contributed by atoms with Crippen LogP contribution in [0.1, 0.15) is 75.0 Å². The van der Waals surface area contributed by atoms with Gasteiger partial charge in [0.05, 0.1) is 5.69 Å². The van der Waals surface area contributed by atoms with Crippen molar-refractivity contribution in [2.45, 2.75) is 70.9 Å². The van der Waals surface area contributed by atoms with E-state index in [1.165, 1.54) is 0 Å². The van der Waals surface area contributed by atoms with Crippen molar-refractivity contribution in [3.63, 3.8) is 0 Å². The third kappa shape index (κ3) is 4.02. The van der Waals surface area contributed by atoms with Gasteiger partial charge >= 0.3 is 0 Å². The molecule has 22 heavy (non-hydrogen) atoms. The standard InChI is InChI=1S/C16H27N3O2.ClH/c1-4-12(5-2)13-10-15(21-18-13)16(20)19-9-7-6-8-14(19)11(3)17;/h10-12,14H,4-9,17H2,1-3H3;1H. The minimum absolute atomic E-state index is 0. The van der Waals surface area contributed by atoms with Gasteiger partial charge in [-0.2, -0.15) is 0 Å². The third-order valence-corrected chi connectivity index (χ3v) is 4.56. The SMILES string of the molecule is CCC(CC)c1cc(C(=O)N2CCCCC2C(C)N)on1.Cl. The summed E-state index contributed by atoms with van der Waals surface area (Å²) in [4.78, 5) is 14.5. The third-order valence-electron chi connectivity index (χ3n) is 4.56. The maximum atomic E-state index is 12.7. The van der Waals surface area contributed by atoms with Crippen LogP contribution in [0.4, 0.5) is 0 Å². The maximum absolute atomic E-state index is 12.7. The summed E-state index contributed by atoms with van der Waals surface area (Å²) >= 11 is 0. The number of carbonyl (C=O) groups excluding carboxylic acids is 1. The molecule has 5 nitrogen and oxygen atoms in total. The molecule has 1 amide bonds. The molecule has 0 bridgehead atoms. The number of likely N-dealkylation sites (tertiary alicyclic amines) is 1. The fourth-order valence-corrected chi connectivity index (χ4v) is 3.19. The van der Waals surface area contributed by atoms with Crippen LogP contribution < -0.4 is 5.73 Å². The molecule has 1 aromatic rings. The Balaban J connectivity index is 0.00000242. The minimum atomic E-state index is -0.0679. The van der Waals surface area contributed by atoms with Gasteiger partial charge in [0.25, 0.3) is 5.91 Å². The predicted molar refractivity (Wildman–Crippen MR) is 89.4 cm³/mol. The predicted octanol–water partition coefficient (Wildman–Crippen LogP) is 3.34. The zero-order valence-corrected chi connectivity index (χ0v) is 14.6. The lowest BCUT2D eigenvalue weighted by Crippen LogP contribution is -2.51. The highest BCUT2D eigenvalue weighted by Crippen LogP contribution is 2.25. The Hall–Kier alpha value is -1.07. The lowest BCUT2D eigenvalue weighted by molar-refractivity contribution is 0.0542. The lowest BCUT2D eigenvalue weighted by Gasteiger charge is -2.37. The van der Waals surface area contributed by atoms with Gasteiger partial charge in [-0.05, 0) is 39.0 Å². The molecule has 2 N–H and O–H groups in total. The summed E-state index contributed by atoms with van der Waals surface area (Å²) in [6, 6.07) is 1.90. The minimum Gasteiger partial charge on any atom is -0.351 e. The van der Waals surface area contributed by atoms with E-state index < -0.39 is 0 Å². The quantitative estimate of drug-likeness (QED) is 0.899. The summed E-state index contributed by atoms with van der Waals surface area (Å²) in [6.07, 6.45) is 5.14. The summed E-state index contributed by atoms with van der Waals surface area (Å²) in [5.41, 5.74) is 6.92. The van der Waals surface area contributed by atoms with Gasteiger partial charge in [0.1, 0.15) is 0 Å². The van der Waals surface area contributed by atoms with Gasteiger partial charge < -0.3 is 15.2 Å². The molecule has 0 aromatic carbocycles. The molecule has 2 rings (SSSR count). The molecule has 2 unspecified atom stereocenters. The highest BCUT2D eigenvalue weighted by atomic mass is 35.5. The molecule has 1 fully saturated rings. The normalized spacial score (nSPS) is 19.9. The molecule has 0 radical (unpaired) electrons. The number of carbonyl (C=O) groups is 1. The molecule has 126 valence electrons. The monoisotopic (exact) mass is 329 g/mol. The first-order valence-corrected chi connectivity index (χ1v) is 8.11. The van der Waals surface area contributed by atoms with Crippen LogP contribution in [0.15, 0.2) is 10.6 Å². The first-order chi connectivity index (χ1) is 10.1. The van der Waals surface area contributed by atoms with Crippen LogP contribution in [0, 0.1) is 0 Å². The first kappa shape index (κ1) is 19.0. The second-order valence-corrected chi connectivity index (χ2v) is 6.05. The van der Waals surface area contributed by atoms with Gasteiger partial charge in [-0.3, -0.25) is 4.79 Å². The summed E-state index contributed by atoms with van der Waals surface area (Å²) in [7, 11) is 0. The number of aromatic nitrogens is 1. The Kier molecular flexibility index (Phi) is 7.36. The van der Waals surface area contributed by atoms with Crippen LogP contribution in [0.5, 0.6) is 0 Å². The van der Waals surface area contributed by atoms with E-state index in [1.807, 2.05) is 17.9 Å². The number of hydrogen-bond acceptors (Lipinski definition) is 4. The van der Waals surface area contributed by atoms with Gasteiger partial charge in [-0.15, -0.1) is 12.4 Å². The van der Waals surface area contributed by atoms with Crippen molar-refractivity contribution >= 4 is 18.3 Å². The molecular formula is C16H28ClN3O2.